The Morgan fingerprint density at radius 1 is 1.22 bits per heavy atom. The first-order chi connectivity index (χ1) is 8.04. The number of rotatable bonds is 2. The summed E-state index contributed by atoms with van der Waals surface area (Å²) in [7, 11) is -4.67. The first-order valence-corrected chi connectivity index (χ1v) is 5.95. The van der Waals surface area contributed by atoms with Crippen molar-refractivity contribution < 1.29 is 30.7 Å². The van der Waals surface area contributed by atoms with E-state index in [4.69, 9.17) is 23.3 Å². The van der Waals surface area contributed by atoms with Crippen molar-refractivity contribution in [3.8, 4) is 0 Å². The van der Waals surface area contributed by atoms with Gasteiger partial charge in [-0.05, 0) is 6.92 Å². The van der Waals surface area contributed by atoms with Gasteiger partial charge in [0.1, 0.15) is 5.82 Å². The maximum Gasteiger partial charge on any atom is 0.394 e. The van der Waals surface area contributed by atoms with E-state index in [0.717, 1.165) is 6.07 Å². The Hall–Kier alpha value is -1.16. The minimum Gasteiger partial charge on any atom is -0.324 e. The fraction of sp³-hybridized carbons (Fsp3) is 0.333. The fourth-order valence-electron chi connectivity index (χ4n) is 1.09. The molecule has 0 aliphatic carbocycles. The summed E-state index contributed by atoms with van der Waals surface area (Å²) in [5.41, 5.74) is 4.93. The van der Waals surface area contributed by atoms with E-state index in [1.54, 1.807) is 6.92 Å². The minimum absolute atomic E-state index is 0.123. The van der Waals surface area contributed by atoms with Crippen molar-refractivity contribution in [3.05, 3.63) is 35.1 Å². The second-order valence-corrected chi connectivity index (χ2v) is 4.18. The monoisotopic (exact) mass is 287 g/mol. The topological polar surface area (TPSA) is 101 Å². The summed E-state index contributed by atoms with van der Waals surface area (Å²) < 4.78 is 69.2. The Balaban J connectivity index is 0.000000494. The van der Waals surface area contributed by atoms with Crippen LogP contribution in [0.2, 0.25) is 0 Å². The predicted octanol–water partition coefficient (Wildman–Crippen LogP) is 2.13. The van der Waals surface area contributed by atoms with Gasteiger partial charge in [-0.15, -0.1) is 0 Å². The van der Waals surface area contributed by atoms with Crippen LogP contribution in [0.15, 0.2) is 18.2 Å². The van der Waals surface area contributed by atoms with E-state index in [1.165, 1.54) is 12.1 Å². The molecule has 0 aliphatic heterocycles. The molecular weight excluding hydrogens is 275 g/mol. The van der Waals surface area contributed by atoms with Gasteiger partial charge in [0.2, 0.25) is 0 Å². The van der Waals surface area contributed by atoms with E-state index in [9.17, 15) is 13.2 Å². The molecule has 0 spiro atoms. The third-order valence-corrected chi connectivity index (χ3v) is 1.78. The molecule has 1 atom stereocenters. The number of alkyl halides is 2. The molecule has 9 heteroatoms. The molecule has 0 bridgehead atoms. The lowest BCUT2D eigenvalue weighted by molar-refractivity contribution is 0.146. The highest BCUT2D eigenvalue weighted by atomic mass is 32.3. The van der Waals surface area contributed by atoms with Crippen molar-refractivity contribution in [2.24, 2.45) is 5.73 Å². The van der Waals surface area contributed by atoms with Gasteiger partial charge in [-0.2, -0.15) is 8.42 Å². The van der Waals surface area contributed by atoms with Gasteiger partial charge >= 0.3 is 10.4 Å². The molecule has 1 rings (SSSR count). The molecule has 0 saturated carbocycles. The van der Waals surface area contributed by atoms with Crippen molar-refractivity contribution >= 4 is 10.4 Å². The summed E-state index contributed by atoms with van der Waals surface area (Å²) in [5.74, 6) is -0.896. The van der Waals surface area contributed by atoms with E-state index in [0.29, 0.717) is 0 Å². The van der Waals surface area contributed by atoms with Crippen LogP contribution < -0.4 is 5.73 Å². The van der Waals surface area contributed by atoms with E-state index in [-0.39, 0.29) is 5.56 Å². The van der Waals surface area contributed by atoms with Crippen LogP contribution >= 0.6 is 0 Å². The molecular formula is C9H12F3NO4S. The Kier molecular flexibility index (Phi) is 6.26. The van der Waals surface area contributed by atoms with Crippen LogP contribution in [0.1, 0.15) is 30.5 Å². The molecule has 1 unspecified atom stereocenters. The fourth-order valence-corrected chi connectivity index (χ4v) is 1.09. The molecule has 0 aliphatic rings. The van der Waals surface area contributed by atoms with Gasteiger partial charge in [0.25, 0.3) is 6.43 Å². The van der Waals surface area contributed by atoms with Gasteiger partial charge in [-0.3, -0.25) is 9.11 Å². The van der Waals surface area contributed by atoms with Gasteiger partial charge < -0.3 is 5.73 Å². The third kappa shape index (κ3) is 6.55. The van der Waals surface area contributed by atoms with Gasteiger partial charge in [0.05, 0.1) is 5.56 Å². The molecule has 0 amide bonds. The predicted molar refractivity (Wildman–Crippen MR) is 58.1 cm³/mol. The quantitative estimate of drug-likeness (QED) is 0.723. The highest BCUT2D eigenvalue weighted by Gasteiger charge is 2.17. The molecule has 0 aromatic heterocycles. The van der Waals surface area contributed by atoms with Crippen molar-refractivity contribution in [2.75, 3.05) is 0 Å². The number of halogens is 3. The second-order valence-electron chi connectivity index (χ2n) is 3.29. The lowest BCUT2D eigenvalue weighted by atomic mass is 10.0. The van der Waals surface area contributed by atoms with Crippen LogP contribution in [0.25, 0.3) is 0 Å². The average molecular weight is 287 g/mol. The molecule has 0 radical (unpaired) electrons. The maximum absolute atomic E-state index is 13.2. The van der Waals surface area contributed by atoms with E-state index < -0.39 is 34.2 Å². The van der Waals surface area contributed by atoms with Crippen LogP contribution in [0.5, 0.6) is 0 Å². The van der Waals surface area contributed by atoms with Crippen LogP contribution in [-0.2, 0) is 10.4 Å². The Morgan fingerprint density at radius 2 is 1.61 bits per heavy atom. The summed E-state index contributed by atoms with van der Waals surface area (Å²) in [6.45, 7) is 1.55. The molecule has 1 aromatic rings. The van der Waals surface area contributed by atoms with Crippen molar-refractivity contribution in [3.63, 3.8) is 0 Å². The molecule has 5 nitrogen and oxygen atoms in total. The van der Waals surface area contributed by atoms with Crippen LogP contribution in [0, 0.1) is 5.82 Å². The van der Waals surface area contributed by atoms with E-state index >= 15 is 0 Å². The molecule has 18 heavy (non-hydrogen) atoms. The van der Waals surface area contributed by atoms with Crippen molar-refractivity contribution in [1.29, 1.82) is 0 Å². The Labute approximate surface area is 102 Å². The van der Waals surface area contributed by atoms with Crippen LogP contribution in [0.3, 0.4) is 0 Å². The smallest absolute Gasteiger partial charge is 0.324 e. The summed E-state index contributed by atoms with van der Waals surface area (Å²) in [6, 6.07) is 3.28. The van der Waals surface area contributed by atoms with Gasteiger partial charge in [0, 0.05) is 11.6 Å². The molecule has 1 aromatic carbocycles. The Morgan fingerprint density at radius 3 is 1.94 bits per heavy atom. The van der Waals surface area contributed by atoms with Gasteiger partial charge in [0.15, 0.2) is 0 Å². The summed E-state index contributed by atoms with van der Waals surface area (Å²) in [6.07, 6.45) is -2.79. The van der Waals surface area contributed by atoms with Crippen molar-refractivity contribution in [2.45, 2.75) is 19.4 Å². The molecule has 0 saturated heterocycles. The summed E-state index contributed by atoms with van der Waals surface area (Å²) >= 11 is 0. The largest absolute Gasteiger partial charge is 0.394 e. The third-order valence-electron chi connectivity index (χ3n) is 1.78. The zero-order valence-corrected chi connectivity index (χ0v) is 10.0. The van der Waals surface area contributed by atoms with Crippen molar-refractivity contribution in [1.82, 2.24) is 0 Å². The molecule has 0 heterocycles. The minimum atomic E-state index is -4.67. The summed E-state index contributed by atoms with van der Waals surface area (Å²) in [4.78, 5) is 0. The molecule has 0 fully saturated rings. The SMILES string of the molecule is CC(N)c1cccc(C(F)F)c1F.O=S(=O)(O)O. The number of benzene rings is 1. The Bertz CT molecular complexity index is 456. The number of hydrogen-bond acceptors (Lipinski definition) is 3. The lowest BCUT2D eigenvalue weighted by Gasteiger charge is -2.09. The lowest BCUT2D eigenvalue weighted by Crippen LogP contribution is -2.09. The van der Waals surface area contributed by atoms with Crippen LogP contribution in [-0.4, -0.2) is 17.5 Å². The average Bonchev–Trinajstić information content (AvgIpc) is 2.14. The van der Waals surface area contributed by atoms with Gasteiger partial charge in [-0.25, -0.2) is 13.2 Å². The molecule has 4 N–H and O–H groups in total. The summed E-state index contributed by atoms with van der Waals surface area (Å²) in [5, 5.41) is 0. The zero-order valence-electron chi connectivity index (χ0n) is 9.22. The molecule has 104 valence electrons. The number of nitrogens with two attached hydrogens (primary N) is 1. The second kappa shape index (κ2) is 6.69. The standard InChI is InChI=1S/C9H10F3N.H2O4S/c1-5(13)6-3-2-4-7(8(6)10)9(11)12;1-5(2,3)4/h2-5,9H,13H2,1H3;(H2,1,2,3,4). The van der Waals surface area contributed by atoms with E-state index in [2.05, 4.69) is 0 Å². The van der Waals surface area contributed by atoms with Crippen LogP contribution in [0.4, 0.5) is 13.2 Å². The highest BCUT2D eigenvalue weighted by Crippen LogP contribution is 2.26. The van der Waals surface area contributed by atoms with Gasteiger partial charge in [-0.1, -0.05) is 18.2 Å². The number of hydrogen-bond donors (Lipinski definition) is 3. The zero-order chi connectivity index (χ0) is 14.5. The maximum atomic E-state index is 13.2. The first kappa shape index (κ1) is 16.8. The first-order valence-electron chi connectivity index (χ1n) is 4.56. The normalized spacial score (nSPS) is 12.9. The van der Waals surface area contributed by atoms with E-state index in [1.807, 2.05) is 0 Å². The highest BCUT2D eigenvalue weighted by molar-refractivity contribution is 7.79.